The highest BCUT2D eigenvalue weighted by atomic mass is 16.2. The molecule has 0 spiro atoms. The molecule has 1 unspecified atom stereocenters. The zero-order chi connectivity index (χ0) is 12.5. The molecule has 1 aliphatic heterocycles. The van der Waals surface area contributed by atoms with Crippen LogP contribution >= 0.6 is 0 Å². The second-order valence-corrected chi connectivity index (χ2v) is 4.87. The lowest BCUT2D eigenvalue weighted by Gasteiger charge is -2.24. The molecule has 1 aromatic rings. The van der Waals surface area contributed by atoms with Crippen molar-refractivity contribution in [2.75, 3.05) is 30.8 Å². The van der Waals surface area contributed by atoms with E-state index in [1.165, 1.54) is 0 Å². The van der Waals surface area contributed by atoms with E-state index in [0.717, 1.165) is 30.9 Å². The van der Waals surface area contributed by atoms with Crippen molar-refractivity contribution in [3.05, 3.63) is 24.3 Å². The van der Waals surface area contributed by atoms with Gasteiger partial charge in [-0.1, -0.05) is 12.1 Å². The molecule has 0 radical (unpaired) electrons. The number of amides is 1. The molecule has 3 N–H and O–H groups in total. The predicted molar refractivity (Wildman–Crippen MR) is 69.9 cm³/mol. The highest BCUT2D eigenvalue weighted by Gasteiger charge is 2.40. The molecule has 0 bridgehead atoms. The van der Waals surface area contributed by atoms with Crippen molar-refractivity contribution in [1.29, 1.82) is 0 Å². The van der Waals surface area contributed by atoms with Gasteiger partial charge in [0, 0.05) is 20.1 Å². The Kier molecular flexibility index (Phi) is 2.96. The maximum atomic E-state index is 11.8. The SMILES string of the molecule is CNC(=O)C1(C)CCN(c2ccccc2N)C1. The van der Waals surface area contributed by atoms with E-state index in [4.69, 9.17) is 5.73 Å². The van der Waals surface area contributed by atoms with Gasteiger partial charge < -0.3 is 16.0 Å². The number of carbonyl (C=O) groups is 1. The van der Waals surface area contributed by atoms with E-state index in [2.05, 4.69) is 10.2 Å². The van der Waals surface area contributed by atoms with Gasteiger partial charge >= 0.3 is 0 Å². The number of nitrogens with one attached hydrogen (secondary N) is 1. The Balaban J connectivity index is 2.18. The summed E-state index contributed by atoms with van der Waals surface area (Å²) >= 11 is 0. The topological polar surface area (TPSA) is 58.4 Å². The number of hydrogen-bond acceptors (Lipinski definition) is 3. The minimum absolute atomic E-state index is 0.106. The lowest BCUT2D eigenvalue weighted by atomic mass is 9.89. The Morgan fingerprint density at radius 2 is 2.18 bits per heavy atom. The molecule has 17 heavy (non-hydrogen) atoms. The maximum absolute atomic E-state index is 11.8. The van der Waals surface area contributed by atoms with Crippen LogP contribution in [0.2, 0.25) is 0 Å². The summed E-state index contributed by atoms with van der Waals surface area (Å²) in [5.74, 6) is 0.106. The average Bonchev–Trinajstić information content (AvgIpc) is 2.72. The predicted octanol–water partition coefficient (Wildman–Crippen LogP) is 1.23. The summed E-state index contributed by atoms with van der Waals surface area (Å²) in [5, 5.41) is 2.74. The monoisotopic (exact) mass is 233 g/mol. The Morgan fingerprint density at radius 1 is 1.47 bits per heavy atom. The number of nitrogens with zero attached hydrogens (tertiary/aromatic N) is 1. The smallest absolute Gasteiger partial charge is 0.227 e. The fourth-order valence-electron chi connectivity index (χ4n) is 2.43. The molecule has 1 fully saturated rings. The van der Waals surface area contributed by atoms with Crippen molar-refractivity contribution < 1.29 is 4.79 Å². The van der Waals surface area contributed by atoms with Crippen LogP contribution in [0.15, 0.2) is 24.3 Å². The first-order chi connectivity index (χ1) is 8.07. The third kappa shape index (κ3) is 2.07. The van der Waals surface area contributed by atoms with Crippen molar-refractivity contribution in [2.24, 2.45) is 5.41 Å². The van der Waals surface area contributed by atoms with Gasteiger partial charge in [-0.15, -0.1) is 0 Å². The van der Waals surface area contributed by atoms with Crippen LogP contribution in [0.3, 0.4) is 0 Å². The Bertz CT molecular complexity index is 432. The fourth-order valence-corrected chi connectivity index (χ4v) is 2.43. The first-order valence-electron chi connectivity index (χ1n) is 5.88. The summed E-state index contributed by atoms with van der Waals surface area (Å²) in [4.78, 5) is 14.0. The van der Waals surface area contributed by atoms with Crippen molar-refractivity contribution >= 4 is 17.3 Å². The van der Waals surface area contributed by atoms with E-state index >= 15 is 0 Å². The molecule has 1 amide bonds. The molecule has 1 aromatic carbocycles. The largest absolute Gasteiger partial charge is 0.397 e. The van der Waals surface area contributed by atoms with Crippen LogP contribution in [0.4, 0.5) is 11.4 Å². The maximum Gasteiger partial charge on any atom is 0.227 e. The summed E-state index contributed by atoms with van der Waals surface area (Å²) in [7, 11) is 1.69. The van der Waals surface area contributed by atoms with Gasteiger partial charge in [0.05, 0.1) is 16.8 Å². The molecule has 1 heterocycles. The number of carbonyl (C=O) groups excluding carboxylic acids is 1. The molecular formula is C13H19N3O. The van der Waals surface area contributed by atoms with Gasteiger partial charge in [0.15, 0.2) is 0 Å². The number of nitrogens with two attached hydrogens (primary N) is 1. The number of hydrogen-bond donors (Lipinski definition) is 2. The van der Waals surface area contributed by atoms with Gasteiger partial charge in [-0.3, -0.25) is 4.79 Å². The van der Waals surface area contributed by atoms with E-state index in [1.54, 1.807) is 7.05 Å². The number of nitrogen functional groups attached to an aromatic ring is 1. The fraction of sp³-hybridized carbons (Fsp3) is 0.462. The van der Waals surface area contributed by atoms with Crippen LogP contribution in [0, 0.1) is 5.41 Å². The van der Waals surface area contributed by atoms with Gasteiger partial charge in [0.2, 0.25) is 5.91 Å². The first kappa shape index (κ1) is 11.8. The van der Waals surface area contributed by atoms with E-state index in [9.17, 15) is 4.79 Å². The summed E-state index contributed by atoms with van der Waals surface area (Å²) < 4.78 is 0. The Hall–Kier alpha value is -1.71. The summed E-state index contributed by atoms with van der Waals surface area (Å²) in [5.41, 5.74) is 7.45. The summed E-state index contributed by atoms with van der Waals surface area (Å²) in [6.07, 6.45) is 0.862. The summed E-state index contributed by atoms with van der Waals surface area (Å²) in [6, 6.07) is 7.80. The molecule has 0 aliphatic carbocycles. The second-order valence-electron chi connectivity index (χ2n) is 4.87. The Labute approximate surface area is 102 Å². The van der Waals surface area contributed by atoms with Crippen molar-refractivity contribution in [2.45, 2.75) is 13.3 Å². The Morgan fingerprint density at radius 3 is 2.82 bits per heavy atom. The van der Waals surface area contributed by atoms with E-state index in [1.807, 2.05) is 31.2 Å². The van der Waals surface area contributed by atoms with Gasteiger partial charge in [0.1, 0.15) is 0 Å². The third-order valence-electron chi connectivity index (χ3n) is 3.53. The number of para-hydroxylation sites is 2. The quantitative estimate of drug-likeness (QED) is 0.755. The molecular weight excluding hydrogens is 214 g/mol. The summed E-state index contributed by atoms with van der Waals surface area (Å²) in [6.45, 7) is 3.60. The number of benzene rings is 1. The van der Waals surface area contributed by atoms with Crippen molar-refractivity contribution in [3.8, 4) is 0 Å². The van der Waals surface area contributed by atoms with Crippen molar-refractivity contribution in [3.63, 3.8) is 0 Å². The third-order valence-corrected chi connectivity index (χ3v) is 3.53. The van der Waals surface area contributed by atoms with Gasteiger partial charge in [-0.25, -0.2) is 0 Å². The highest BCUT2D eigenvalue weighted by Crippen LogP contribution is 2.35. The zero-order valence-electron chi connectivity index (χ0n) is 10.4. The lowest BCUT2D eigenvalue weighted by molar-refractivity contribution is -0.128. The van der Waals surface area contributed by atoms with Crippen LogP contribution in [-0.2, 0) is 4.79 Å². The molecule has 2 rings (SSSR count). The van der Waals surface area contributed by atoms with E-state index in [0.29, 0.717) is 0 Å². The first-order valence-corrected chi connectivity index (χ1v) is 5.88. The van der Waals surface area contributed by atoms with Gasteiger partial charge in [0.25, 0.3) is 0 Å². The minimum Gasteiger partial charge on any atom is -0.397 e. The molecule has 0 saturated carbocycles. The molecule has 92 valence electrons. The second kappa shape index (κ2) is 4.28. The molecule has 1 saturated heterocycles. The highest BCUT2D eigenvalue weighted by molar-refractivity contribution is 5.84. The number of anilines is 2. The van der Waals surface area contributed by atoms with Gasteiger partial charge in [-0.05, 0) is 25.5 Å². The molecule has 0 aromatic heterocycles. The number of rotatable bonds is 2. The van der Waals surface area contributed by atoms with Crippen molar-refractivity contribution in [1.82, 2.24) is 5.32 Å². The molecule has 4 nitrogen and oxygen atoms in total. The molecule has 4 heteroatoms. The normalized spacial score (nSPS) is 23.8. The van der Waals surface area contributed by atoms with Crippen LogP contribution in [0.1, 0.15) is 13.3 Å². The van der Waals surface area contributed by atoms with E-state index < -0.39 is 0 Å². The van der Waals surface area contributed by atoms with Crippen LogP contribution in [0.25, 0.3) is 0 Å². The van der Waals surface area contributed by atoms with Crippen LogP contribution in [0.5, 0.6) is 0 Å². The van der Waals surface area contributed by atoms with Gasteiger partial charge in [-0.2, -0.15) is 0 Å². The lowest BCUT2D eigenvalue weighted by Crippen LogP contribution is -2.39. The van der Waals surface area contributed by atoms with Crippen LogP contribution < -0.4 is 16.0 Å². The van der Waals surface area contributed by atoms with E-state index in [-0.39, 0.29) is 11.3 Å². The standard InChI is InChI=1S/C13H19N3O/c1-13(12(17)15-2)7-8-16(9-13)11-6-4-3-5-10(11)14/h3-6H,7-9,14H2,1-2H3,(H,15,17). The zero-order valence-corrected chi connectivity index (χ0v) is 10.4. The average molecular weight is 233 g/mol. The van der Waals surface area contributed by atoms with Crippen LogP contribution in [-0.4, -0.2) is 26.0 Å². The molecule has 1 aliphatic rings. The molecule has 1 atom stereocenters. The minimum atomic E-state index is -0.309.